The maximum atomic E-state index is 12.6. The van der Waals surface area contributed by atoms with Crippen LogP contribution in [0.1, 0.15) is 25.7 Å². The van der Waals surface area contributed by atoms with Crippen molar-refractivity contribution < 1.29 is 18.3 Å². The van der Waals surface area contributed by atoms with Gasteiger partial charge in [-0.15, -0.1) is 11.8 Å². The van der Waals surface area contributed by atoms with Gasteiger partial charge in [0, 0.05) is 23.5 Å². The Morgan fingerprint density at radius 3 is 2.60 bits per heavy atom. The van der Waals surface area contributed by atoms with E-state index in [1.165, 1.54) is 24.6 Å². The van der Waals surface area contributed by atoms with Gasteiger partial charge in [0.25, 0.3) is 0 Å². The van der Waals surface area contributed by atoms with Gasteiger partial charge in [-0.25, -0.2) is 13.1 Å². The topological polar surface area (TPSA) is 86.7 Å². The number of hydrogen-bond donors (Lipinski definition) is 2. The third-order valence-corrected chi connectivity index (χ3v) is 7.34. The first kappa shape index (κ1) is 18.7. The third kappa shape index (κ3) is 4.75. The number of aliphatic carboxylic acids is 1. The van der Waals surface area contributed by atoms with E-state index < -0.39 is 16.0 Å². The molecule has 3 rings (SSSR count). The van der Waals surface area contributed by atoms with Gasteiger partial charge in [0.15, 0.2) is 0 Å². The predicted molar refractivity (Wildman–Crippen MR) is 97.3 cm³/mol. The Morgan fingerprint density at radius 1 is 1.32 bits per heavy atom. The summed E-state index contributed by atoms with van der Waals surface area (Å²) in [6.45, 7) is 0.849. The largest absolute Gasteiger partial charge is 0.480 e. The van der Waals surface area contributed by atoms with Crippen molar-refractivity contribution in [2.75, 3.05) is 19.3 Å². The normalized spacial score (nSPS) is 23.4. The molecule has 1 aromatic carbocycles. The molecule has 2 aliphatic carbocycles. The number of sulfonamides is 1. The van der Waals surface area contributed by atoms with Crippen LogP contribution in [0.5, 0.6) is 0 Å². The van der Waals surface area contributed by atoms with Gasteiger partial charge in [0.1, 0.15) is 0 Å². The molecule has 138 valence electrons. The second kappa shape index (κ2) is 7.65. The van der Waals surface area contributed by atoms with Crippen LogP contribution in [0, 0.1) is 5.92 Å². The van der Waals surface area contributed by atoms with E-state index in [-0.39, 0.29) is 18.6 Å². The van der Waals surface area contributed by atoms with Crippen LogP contribution in [0.25, 0.3) is 0 Å². The summed E-state index contributed by atoms with van der Waals surface area (Å²) in [6.07, 6.45) is 5.53. The minimum absolute atomic E-state index is 0.0376. The molecule has 25 heavy (non-hydrogen) atoms. The Morgan fingerprint density at radius 2 is 2.00 bits per heavy atom. The van der Waals surface area contributed by atoms with Crippen LogP contribution < -0.4 is 4.72 Å². The van der Waals surface area contributed by atoms with E-state index in [4.69, 9.17) is 5.11 Å². The average molecular weight is 385 g/mol. The highest BCUT2D eigenvalue weighted by Gasteiger charge is 2.39. The molecule has 2 aliphatic rings. The number of carboxylic acid groups (broad SMARTS) is 1. The molecule has 0 spiro atoms. The lowest BCUT2D eigenvalue weighted by atomic mass is 9.86. The Hall–Kier alpha value is -1.09. The van der Waals surface area contributed by atoms with E-state index in [1.54, 1.807) is 18.2 Å². The number of nitrogens with zero attached hydrogens (tertiary/aromatic N) is 1. The number of rotatable bonds is 9. The monoisotopic (exact) mass is 384 g/mol. The Bertz CT molecular complexity index is 728. The first-order chi connectivity index (χ1) is 11.9. The summed E-state index contributed by atoms with van der Waals surface area (Å²) in [4.78, 5) is 14.1. The van der Waals surface area contributed by atoms with Crippen molar-refractivity contribution >= 4 is 27.8 Å². The number of nitrogens with one attached hydrogen (secondary N) is 1. The van der Waals surface area contributed by atoms with Crippen LogP contribution in [0.2, 0.25) is 0 Å². The van der Waals surface area contributed by atoms with E-state index >= 15 is 0 Å². The molecule has 0 aliphatic heterocycles. The smallest absolute Gasteiger partial charge is 0.317 e. The first-order valence-electron chi connectivity index (χ1n) is 8.50. The van der Waals surface area contributed by atoms with Crippen LogP contribution >= 0.6 is 11.8 Å². The highest BCUT2D eigenvalue weighted by Crippen LogP contribution is 2.34. The zero-order valence-corrected chi connectivity index (χ0v) is 15.9. The van der Waals surface area contributed by atoms with Crippen molar-refractivity contribution in [3.05, 3.63) is 24.3 Å². The van der Waals surface area contributed by atoms with Gasteiger partial charge >= 0.3 is 5.97 Å². The van der Waals surface area contributed by atoms with Gasteiger partial charge in [-0.2, -0.15) is 0 Å². The maximum absolute atomic E-state index is 12.6. The minimum atomic E-state index is -3.55. The van der Waals surface area contributed by atoms with E-state index in [0.717, 1.165) is 11.4 Å². The van der Waals surface area contributed by atoms with E-state index in [0.29, 0.717) is 23.7 Å². The molecule has 0 unspecified atom stereocenters. The van der Waals surface area contributed by atoms with Crippen LogP contribution in [0.4, 0.5) is 0 Å². The van der Waals surface area contributed by atoms with E-state index in [2.05, 4.69) is 4.72 Å². The SMILES string of the molecule is CSc1ccccc1S(=O)(=O)NC1CC(N(CC(=O)O)CC2CC2)C1. The second-order valence-corrected chi connectivity index (χ2v) is 9.39. The second-order valence-electron chi connectivity index (χ2n) is 6.86. The van der Waals surface area contributed by atoms with Gasteiger partial charge < -0.3 is 5.11 Å². The molecule has 0 bridgehead atoms. The lowest BCUT2D eigenvalue weighted by molar-refractivity contribution is -0.139. The van der Waals surface area contributed by atoms with Crippen molar-refractivity contribution in [3.63, 3.8) is 0 Å². The van der Waals surface area contributed by atoms with Crippen LogP contribution in [-0.2, 0) is 14.8 Å². The van der Waals surface area contributed by atoms with Gasteiger partial charge in [-0.1, -0.05) is 12.1 Å². The van der Waals surface area contributed by atoms with Gasteiger partial charge in [0.2, 0.25) is 10.0 Å². The summed E-state index contributed by atoms with van der Waals surface area (Å²) < 4.78 is 28.0. The Labute approximate surface area is 153 Å². The van der Waals surface area contributed by atoms with Crippen molar-refractivity contribution in [2.24, 2.45) is 5.92 Å². The Kier molecular flexibility index (Phi) is 5.72. The van der Waals surface area contributed by atoms with Crippen molar-refractivity contribution in [1.29, 1.82) is 0 Å². The minimum Gasteiger partial charge on any atom is -0.480 e. The summed E-state index contributed by atoms with van der Waals surface area (Å²) in [7, 11) is -3.55. The van der Waals surface area contributed by atoms with E-state index in [1.807, 2.05) is 17.2 Å². The van der Waals surface area contributed by atoms with Crippen LogP contribution in [0.3, 0.4) is 0 Å². The molecule has 2 N–H and O–H groups in total. The molecule has 2 fully saturated rings. The zero-order chi connectivity index (χ0) is 18.0. The lowest BCUT2D eigenvalue weighted by Gasteiger charge is -2.42. The van der Waals surface area contributed by atoms with Gasteiger partial charge in [0.05, 0.1) is 11.4 Å². The highest BCUT2D eigenvalue weighted by atomic mass is 32.2. The average Bonchev–Trinajstić information content (AvgIpc) is 3.33. The fourth-order valence-corrected chi connectivity index (χ4v) is 5.67. The summed E-state index contributed by atoms with van der Waals surface area (Å²) in [5.41, 5.74) is 0. The third-order valence-electron chi connectivity index (χ3n) is 4.84. The molecule has 0 radical (unpaired) electrons. The molecule has 0 atom stereocenters. The molecule has 6 nitrogen and oxygen atoms in total. The van der Waals surface area contributed by atoms with Crippen LogP contribution in [-0.4, -0.2) is 55.8 Å². The molecular weight excluding hydrogens is 360 g/mol. The molecule has 1 aromatic rings. The zero-order valence-electron chi connectivity index (χ0n) is 14.2. The van der Waals surface area contributed by atoms with Crippen molar-refractivity contribution in [2.45, 2.75) is 47.6 Å². The molecule has 8 heteroatoms. The van der Waals surface area contributed by atoms with E-state index in [9.17, 15) is 13.2 Å². The summed E-state index contributed by atoms with van der Waals surface area (Å²) in [5.74, 6) is -0.206. The maximum Gasteiger partial charge on any atom is 0.317 e. The number of hydrogen-bond acceptors (Lipinski definition) is 5. The summed E-state index contributed by atoms with van der Waals surface area (Å²) >= 11 is 1.41. The fraction of sp³-hybridized carbons (Fsp3) is 0.588. The summed E-state index contributed by atoms with van der Waals surface area (Å²) in [5, 5.41) is 9.09. The highest BCUT2D eigenvalue weighted by molar-refractivity contribution is 7.99. The molecule has 0 amide bonds. The van der Waals surface area contributed by atoms with Gasteiger partial charge in [-0.05, 0) is 50.0 Å². The molecular formula is C17H24N2O4S2. The van der Waals surface area contributed by atoms with Crippen LogP contribution in [0.15, 0.2) is 34.1 Å². The molecule has 0 aromatic heterocycles. The Balaban J connectivity index is 1.59. The molecule has 2 saturated carbocycles. The summed E-state index contributed by atoms with van der Waals surface area (Å²) in [6, 6.07) is 7.00. The molecule has 0 heterocycles. The molecule has 0 saturated heterocycles. The van der Waals surface area contributed by atoms with Crippen molar-refractivity contribution in [3.8, 4) is 0 Å². The van der Waals surface area contributed by atoms with Gasteiger partial charge in [-0.3, -0.25) is 9.69 Å². The lowest BCUT2D eigenvalue weighted by Crippen LogP contribution is -2.55. The predicted octanol–water partition coefficient (Wildman–Crippen LogP) is 2.01. The number of thioether (sulfide) groups is 1. The fourth-order valence-electron chi connectivity index (χ4n) is 3.25. The number of carboxylic acids is 1. The van der Waals surface area contributed by atoms with Crippen molar-refractivity contribution in [1.82, 2.24) is 9.62 Å². The first-order valence-corrected chi connectivity index (χ1v) is 11.2. The number of benzene rings is 1. The standard InChI is InChI=1S/C17H24N2O4S2/c1-24-15-4-2-3-5-16(15)25(22,23)18-13-8-14(9-13)19(11-17(20)21)10-12-6-7-12/h2-5,12-14,18H,6-11H2,1H3,(H,20,21). The quantitative estimate of drug-likeness (QED) is 0.634. The number of carbonyl (C=O) groups is 1.